The predicted molar refractivity (Wildman–Crippen MR) is 79.7 cm³/mol. The number of ether oxygens (including phenoxy) is 1. The molecule has 1 aromatic rings. The zero-order valence-corrected chi connectivity index (χ0v) is 12.1. The van der Waals surface area contributed by atoms with Crippen LogP contribution in [0.3, 0.4) is 0 Å². The monoisotopic (exact) mass is 321 g/mol. The molecule has 0 saturated carbocycles. The molecule has 0 bridgehead atoms. The van der Waals surface area contributed by atoms with Crippen molar-refractivity contribution >= 4 is 21.9 Å². The van der Waals surface area contributed by atoms with Gasteiger partial charge in [0, 0.05) is 17.6 Å². The molecule has 1 aliphatic rings. The maximum absolute atomic E-state index is 6.01. The van der Waals surface area contributed by atoms with E-state index in [2.05, 4.69) is 26.8 Å². The van der Waals surface area contributed by atoms with Crippen molar-refractivity contribution < 1.29 is 4.74 Å². The fourth-order valence-electron chi connectivity index (χ4n) is 1.86. The third-order valence-corrected chi connectivity index (χ3v) is 3.47. The average molecular weight is 322 g/mol. The van der Waals surface area contributed by atoms with Gasteiger partial charge in [0.25, 0.3) is 0 Å². The number of nitrogens with zero attached hydrogens (tertiary/aromatic N) is 2. The van der Waals surface area contributed by atoms with Gasteiger partial charge in [0.15, 0.2) is 5.96 Å². The minimum absolute atomic E-state index is 0.351. The maximum atomic E-state index is 6.01. The van der Waals surface area contributed by atoms with Gasteiger partial charge in [-0.1, -0.05) is 34.0 Å². The van der Waals surface area contributed by atoms with Gasteiger partial charge < -0.3 is 15.4 Å². The van der Waals surface area contributed by atoms with Crippen molar-refractivity contribution in [1.29, 1.82) is 0 Å². The lowest BCUT2D eigenvalue weighted by atomic mass is 10.1. The van der Waals surface area contributed by atoms with Crippen LogP contribution in [0.1, 0.15) is 11.6 Å². The Kier molecular flexibility index (Phi) is 4.83. The molecular formula is C14H16BrN3O. The van der Waals surface area contributed by atoms with Crippen LogP contribution in [0.2, 0.25) is 0 Å². The first kappa shape index (κ1) is 13.9. The topological polar surface area (TPSA) is 50.8 Å². The Hall–Kier alpha value is -1.51. The SMILES string of the molecule is C#CC(N=C(N)N1CCOCC1)c1ccc(Br)cc1. The second-order valence-electron chi connectivity index (χ2n) is 4.21. The van der Waals surface area contributed by atoms with Crippen molar-refractivity contribution in [3.63, 3.8) is 0 Å². The lowest BCUT2D eigenvalue weighted by Gasteiger charge is -2.28. The highest BCUT2D eigenvalue weighted by Crippen LogP contribution is 2.19. The Morgan fingerprint density at radius 2 is 2.00 bits per heavy atom. The van der Waals surface area contributed by atoms with E-state index < -0.39 is 0 Å². The van der Waals surface area contributed by atoms with Gasteiger partial charge in [0.05, 0.1) is 13.2 Å². The van der Waals surface area contributed by atoms with Crippen molar-refractivity contribution in [3.05, 3.63) is 34.3 Å². The number of guanidine groups is 1. The molecule has 1 fully saturated rings. The molecule has 4 nitrogen and oxygen atoms in total. The first-order valence-electron chi connectivity index (χ1n) is 6.08. The number of halogens is 1. The van der Waals surface area contributed by atoms with Crippen molar-refractivity contribution in [3.8, 4) is 12.3 Å². The van der Waals surface area contributed by atoms with Crippen LogP contribution in [0.25, 0.3) is 0 Å². The summed E-state index contributed by atoms with van der Waals surface area (Å²) < 4.78 is 6.29. The Morgan fingerprint density at radius 3 is 2.58 bits per heavy atom. The molecule has 1 saturated heterocycles. The highest BCUT2D eigenvalue weighted by atomic mass is 79.9. The molecule has 5 heteroatoms. The Balaban J connectivity index is 2.13. The van der Waals surface area contributed by atoms with Crippen molar-refractivity contribution in [2.24, 2.45) is 10.7 Å². The van der Waals surface area contributed by atoms with E-state index in [1.807, 2.05) is 29.2 Å². The zero-order chi connectivity index (χ0) is 13.7. The molecule has 1 aliphatic heterocycles. The van der Waals surface area contributed by atoms with Crippen LogP contribution in [0.5, 0.6) is 0 Å². The van der Waals surface area contributed by atoms with E-state index >= 15 is 0 Å². The van der Waals surface area contributed by atoms with Gasteiger partial charge in [0.2, 0.25) is 0 Å². The van der Waals surface area contributed by atoms with Gasteiger partial charge in [-0.05, 0) is 17.7 Å². The van der Waals surface area contributed by atoms with Crippen LogP contribution in [0.15, 0.2) is 33.7 Å². The lowest BCUT2D eigenvalue weighted by molar-refractivity contribution is 0.0673. The molecule has 0 spiro atoms. The van der Waals surface area contributed by atoms with Gasteiger partial charge in [0.1, 0.15) is 6.04 Å². The van der Waals surface area contributed by atoms with Crippen LogP contribution in [-0.2, 0) is 4.74 Å². The van der Waals surface area contributed by atoms with Crippen molar-refractivity contribution in [2.45, 2.75) is 6.04 Å². The molecule has 1 atom stereocenters. The van der Waals surface area contributed by atoms with E-state index in [9.17, 15) is 0 Å². The summed E-state index contributed by atoms with van der Waals surface area (Å²) in [5.74, 6) is 3.15. The average Bonchev–Trinajstić information content (AvgIpc) is 2.46. The summed E-state index contributed by atoms with van der Waals surface area (Å²) in [6.07, 6.45) is 5.55. The first-order chi connectivity index (χ1) is 9.20. The summed E-state index contributed by atoms with van der Waals surface area (Å²) in [6, 6.07) is 7.44. The van der Waals surface area contributed by atoms with Gasteiger partial charge in [-0.25, -0.2) is 4.99 Å². The van der Waals surface area contributed by atoms with E-state index in [0.29, 0.717) is 19.2 Å². The molecule has 2 rings (SSSR count). The molecule has 2 N–H and O–H groups in total. The Morgan fingerprint density at radius 1 is 1.37 bits per heavy atom. The van der Waals surface area contributed by atoms with Gasteiger partial charge in [-0.2, -0.15) is 0 Å². The van der Waals surface area contributed by atoms with Gasteiger partial charge in [-0.15, -0.1) is 6.42 Å². The third kappa shape index (κ3) is 3.72. The first-order valence-corrected chi connectivity index (χ1v) is 6.87. The Bertz CT molecular complexity index is 486. The molecule has 0 aliphatic carbocycles. The summed E-state index contributed by atoms with van der Waals surface area (Å²) in [5, 5.41) is 0. The third-order valence-electron chi connectivity index (χ3n) is 2.94. The van der Waals surface area contributed by atoms with Crippen molar-refractivity contribution in [1.82, 2.24) is 4.90 Å². The van der Waals surface area contributed by atoms with Crippen LogP contribution in [0.4, 0.5) is 0 Å². The summed E-state index contributed by atoms with van der Waals surface area (Å²) in [6.45, 7) is 2.87. The fourth-order valence-corrected chi connectivity index (χ4v) is 2.12. The number of aliphatic imine (C=N–C) groups is 1. The van der Waals surface area contributed by atoms with E-state index in [-0.39, 0.29) is 6.04 Å². The van der Waals surface area contributed by atoms with Gasteiger partial charge in [-0.3, -0.25) is 0 Å². The number of morpholine rings is 1. The summed E-state index contributed by atoms with van der Waals surface area (Å²) in [5.41, 5.74) is 6.97. The molecule has 100 valence electrons. The molecular weight excluding hydrogens is 306 g/mol. The number of nitrogens with two attached hydrogens (primary N) is 1. The van der Waals surface area contributed by atoms with Crippen molar-refractivity contribution in [2.75, 3.05) is 26.3 Å². The number of terminal acetylenes is 1. The minimum Gasteiger partial charge on any atom is -0.378 e. The largest absolute Gasteiger partial charge is 0.378 e. The van der Waals surface area contributed by atoms with E-state index in [1.54, 1.807) is 0 Å². The highest BCUT2D eigenvalue weighted by Gasteiger charge is 2.14. The molecule has 0 aromatic heterocycles. The van der Waals surface area contributed by atoms with Crippen LogP contribution in [-0.4, -0.2) is 37.2 Å². The highest BCUT2D eigenvalue weighted by molar-refractivity contribution is 9.10. The normalized spacial score (nSPS) is 17.9. The Labute approximate surface area is 121 Å². The van der Waals surface area contributed by atoms with Crippen LogP contribution < -0.4 is 5.73 Å². The predicted octanol–water partition coefficient (Wildman–Crippen LogP) is 1.77. The maximum Gasteiger partial charge on any atom is 0.193 e. The van der Waals surface area contributed by atoms with Gasteiger partial charge >= 0.3 is 0 Å². The molecule has 1 unspecified atom stereocenters. The molecule has 19 heavy (non-hydrogen) atoms. The van der Waals surface area contributed by atoms with Crippen LogP contribution >= 0.6 is 15.9 Å². The number of hydrogen-bond acceptors (Lipinski definition) is 2. The lowest BCUT2D eigenvalue weighted by Crippen LogP contribution is -2.45. The van der Waals surface area contributed by atoms with Crippen LogP contribution in [0, 0.1) is 12.3 Å². The second kappa shape index (κ2) is 6.60. The number of hydrogen-bond donors (Lipinski definition) is 1. The fraction of sp³-hybridized carbons (Fsp3) is 0.357. The molecule has 1 aromatic carbocycles. The molecule has 0 radical (unpaired) electrons. The standard InChI is InChI=1S/C14H16BrN3O/c1-2-13(11-3-5-12(15)6-4-11)17-14(16)18-7-9-19-10-8-18/h1,3-6,13H,7-10H2,(H2,16,17). The molecule has 1 heterocycles. The number of rotatable bonds is 2. The van der Waals surface area contributed by atoms with E-state index in [4.69, 9.17) is 16.9 Å². The second-order valence-corrected chi connectivity index (χ2v) is 5.12. The quantitative estimate of drug-likeness (QED) is 0.513. The molecule has 0 amide bonds. The summed E-state index contributed by atoms with van der Waals surface area (Å²) in [7, 11) is 0. The van der Waals surface area contributed by atoms with E-state index in [0.717, 1.165) is 23.1 Å². The summed E-state index contributed by atoms with van der Waals surface area (Å²) in [4.78, 5) is 6.42. The smallest absolute Gasteiger partial charge is 0.193 e. The summed E-state index contributed by atoms with van der Waals surface area (Å²) >= 11 is 3.40. The minimum atomic E-state index is -0.351. The number of benzene rings is 1. The zero-order valence-electron chi connectivity index (χ0n) is 10.6. The van der Waals surface area contributed by atoms with E-state index in [1.165, 1.54) is 0 Å².